The van der Waals surface area contributed by atoms with Gasteiger partial charge in [-0.25, -0.2) is 0 Å². The van der Waals surface area contributed by atoms with Crippen LogP contribution in [0.4, 0.5) is 0 Å². The van der Waals surface area contributed by atoms with E-state index in [-0.39, 0.29) is 5.78 Å². The lowest BCUT2D eigenvalue weighted by Crippen LogP contribution is -2.44. The lowest BCUT2D eigenvalue weighted by atomic mass is 9.92. The number of aliphatic carboxylic acids is 1. The maximum atomic E-state index is 12.4. The summed E-state index contributed by atoms with van der Waals surface area (Å²) in [6.07, 6.45) is 0. The van der Waals surface area contributed by atoms with E-state index >= 15 is 0 Å². The zero-order chi connectivity index (χ0) is 15.9. The van der Waals surface area contributed by atoms with Gasteiger partial charge in [0.1, 0.15) is 6.04 Å². The largest absolute Gasteiger partial charge is 0.480 e. The summed E-state index contributed by atoms with van der Waals surface area (Å²) in [7, 11) is 0. The topological polar surface area (TPSA) is 66.4 Å². The molecule has 2 rings (SSSR count). The molecule has 0 saturated carbocycles. The minimum atomic E-state index is -1.02. The molecule has 2 N–H and O–H groups in total. The molecule has 0 spiro atoms. The molecule has 2 atom stereocenters. The van der Waals surface area contributed by atoms with Crippen LogP contribution in [0, 0.1) is 5.92 Å². The predicted octanol–water partition coefficient (Wildman–Crippen LogP) is 2.75. The average molecular weight is 297 g/mol. The number of hydrogen-bond acceptors (Lipinski definition) is 3. The molecule has 0 fully saturated rings. The zero-order valence-electron chi connectivity index (χ0n) is 12.4. The number of rotatable bonds is 7. The average Bonchev–Trinajstić information content (AvgIpc) is 2.55. The van der Waals surface area contributed by atoms with Gasteiger partial charge in [-0.1, -0.05) is 67.6 Å². The number of ketones is 1. The molecule has 2 aromatic carbocycles. The van der Waals surface area contributed by atoms with Crippen molar-refractivity contribution in [3.63, 3.8) is 0 Å². The monoisotopic (exact) mass is 297 g/mol. The van der Waals surface area contributed by atoms with Gasteiger partial charge in [0.25, 0.3) is 0 Å². The first kappa shape index (κ1) is 15.9. The van der Waals surface area contributed by atoms with Gasteiger partial charge in [-0.2, -0.15) is 0 Å². The van der Waals surface area contributed by atoms with Crippen molar-refractivity contribution < 1.29 is 14.7 Å². The molecule has 2 aromatic rings. The highest BCUT2D eigenvalue weighted by Crippen LogP contribution is 2.13. The molecule has 0 bridgehead atoms. The Morgan fingerprint density at radius 1 is 1.00 bits per heavy atom. The van der Waals surface area contributed by atoms with E-state index in [4.69, 9.17) is 0 Å². The Morgan fingerprint density at radius 3 is 2.09 bits per heavy atom. The number of carboxylic acid groups (broad SMARTS) is 1. The van der Waals surface area contributed by atoms with Crippen LogP contribution >= 0.6 is 0 Å². The number of carbonyl (C=O) groups is 2. The van der Waals surface area contributed by atoms with Crippen LogP contribution in [0.5, 0.6) is 0 Å². The number of benzene rings is 2. The SMILES string of the molecule is C[C@@H](C(=O)c1ccccc1)[C@@H](NCc1ccccc1)C(=O)O. The summed E-state index contributed by atoms with van der Waals surface area (Å²) in [6.45, 7) is 2.05. The molecular formula is C18H19NO3. The zero-order valence-corrected chi connectivity index (χ0v) is 12.4. The molecule has 0 aliphatic carbocycles. The molecule has 0 heterocycles. The van der Waals surface area contributed by atoms with Crippen LogP contribution < -0.4 is 5.32 Å². The summed E-state index contributed by atoms with van der Waals surface area (Å²) < 4.78 is 0. The maximum Gasteiger partial charge on any atom is 0.321 e. The summed E-state index contributed by atoms with van der Waals surface area (Å²) in [5, 5.41) is 12.4. The minimum absolute atomic E-state index is 0.173. The third kappa shape index (κ3) is 4.02. The predicted molar refractivity (Wildman–Crippen MR) is 84.6 cm³/mol. The molecule has 0 saturated heterocycles. The summed E-state index contributed by atoms with van der Waals surface area (Å²) in [6, 6.07) is 17.4. The van der Waals surface area contributed by atoms with Crippen molar-refractivity contribution in [3.8, 4) is 0 Å². The third-order valence-electron chi connectivity index (χ3n) is 3.61. The van der Waals surface area contributed by atoms with Gasteiger partial charge >= 0.3 is 5.97 Å². The smallest absolute Gasteiger partial charge is 0.321 e. The molecule has 0 radical (unpaired) electrons. The molecule has 4 heteroatoms. The van der Waals surface area contributed by atoms with Crippen molar-refractivity contribution in [3.05, 3.63) is 71.8 Å². The normalized spacial score (nSPS) is 13.3. The third-order valence-corrected chi connectivity index (χ3v) is 3.61. The van der Waals surface area contributed by atoms with E-state index in [1.54, 1.807) is 31.2 Å². The van der Waals surface area contributed by atoms with Crippen LogP contribution in [0.1, 0.15) is 22.8 Å². The Morgan fingerprint density at radius 2 is 1.55 bits per heavy atom. The van der Waals surface area contributed by atoms with Gasteiger partial charge < -0.3 is 5.11 Å². The molecule has 4 nitrogen and oxygen atoms in total. The lowest BCUT2D eigenvalue weighted by molar-refractivity contribution is -0.140. The van der Waals surface area contributed by atoms with Crippen LogP contribution in [0.15, 0.2) is 60.7 Å². The standard InChI is InChI=1S/C18H19NO3/c1-13(17(20)15-10-6-3-7-11-15)16(18(21)22)19-12-14-8-4-2-5-9-14/h2-11,13,16,19H,12H2,1H3,(H,21,22)/t13-,16-/m1/s1. The van der Waals surface area contributed by atoms with Crippen molar-refractivity contribution >= 4 is 11.8 Å². The molecule has 114 valence electrons. The van der Waals surface area contributed by atoms with Gasteiger partial charge in [-0.15, -0.1) is 0 Å². The Bertz CT molecular complexity index is 625. The Balaban J connectivity index is 2.07. The fourth-order valence-corrected chi connectivity index (χ4v) is 2.32. The van der Waals surface area contributed by atoms with Crippen molar-refractivity contribution in [1.82, 2.24) is 5.32 Å². The van der Waals surface area contributed by atoms with Gasteiger partial charge in [0, 0.05) is 18.0 Å². The number of carboxylic acids is 1. The molecule has 0 amide bonds. The maximum absolute atomic E-state index is 12.4. The summed E-state index contributed by atoms with van der Waals surface area (Å²) in [4.78, 5) is 23.9. The molecule has 0 unspecified atom stereocenters. The number of Topliss-reactive ketones (excluding diaryl/α,β-unsaturated/α-hetero) is 1. The van der Waals surface area contributed by atoms with Crippen molar-refractivity contribution in [2.45, 2.75) is 19.5 Å². The molecule has 0 aliphatic rings. The van der Waals surface area contributed by atoms with Crippen LogP contribution in [-0.4, -0.2) is 22.9 Å². The van der Waals surface area contributed by atoms with Gasteiger partial charge in [-0.3, -0.25) is 14.9 Å². The second-order valence-electron chi connectivity index (χ2n) is 5.20. The highest BCUT2D eigenvalue weighted by atomic mass is 16.4. The molecule has 22 heavy (non-hydrogen) atoms. The second-order valence-corrected chi connectivity index (χ2v) is 5.20. The molecular weight excluding hydrogens is 278 g/mol. The lowest BCUT2D eigenvalue weighted by Gasteiger charge is -2.20. The van der Waals surface area contributed by atoms with Crippen molar-refractivity contribution in [2.75, 3.05) is 0 Å². The number of nitrogens with one attached hydrogen (secondary N) is 1. The van der Waals surface area contributed by atoms with Gasteiger partial charge in [0.2, 0.25) is 0 Å². The van der Waals surface area contributed by atoms with E-state index in [2.05, 4.69) is 5.32 Å². The Labute approximate surface area is 129 Å². The van der Waals surface area contributed by atoms with Crippen LogP contribution in [0.3, 0.4) is 0 Å². The van der Waals surface area contributed by atoms with E-state index in [9.17, 15) is 14.7 Å². The van der Waals surface area contributed by atoms with Gasteiger partial charge in [-0.05, 0) is 5.56 Å². The summed E-state index contributed by atoms with van der Waals surface area (Å²) in [5.74, 6) is -1.84. The van der Waals surface area contributed by atoms with Crippen LogP contribution in [0.25, 0.3) is 0 Å². The second kappa shape index (κ2) is 7.52. The van der Waals surface area contributed by atoms with Gasteiger partial charge in [0.05, 0.1) is 0 Å². The number of carbonyl (C=O) groups excluding carboxylic acids is 1. The Hall–Kier alpha value is -2.46. The highest BCUT2D eigenvalue weighted by molar-refractivity contribution is 6.00. The first-order valence-electron chi connectivity index (χ1n) is 7.19. The fourth-order valence-electron chi connectivity index (χ4n) is 2.32. The summed E-state index contributed by atoms with van der Waals surface area (Å²) in [5.41, 5.74) is 1.51. The van der Waals surface area contributed by atoms with E-state index < -0.39 is 17.9 Å². The first-order valence-corrected chi connectivity index (χ1v) is 7.19. The fraction of sp³-hybridized carbons (Fsp3) is 0.222. The highest BCUT2D eigenvalue weighted by Gasteiger charge is 2.30. The Kier molecular flexibility index (Phi) is 5.44. The van der Waals surface area contributed by atoms with E-state index in [1.165, 1.54) is 0 Å². The minimum Gasteiger partial charge on any atom is -0.480 e. The quantitative estimate of drug-likeness (QED) is 0.771. The first-order chi connectivity index (χ1) is 10.6. The number of hydrogen-bond donors (Lipinski definition) is 2. The van der Waals surface area contributed by atoms with Gasteiger partial charge in [0.15, 0.2) is 5.78 Å². The summed E-state index contributed by atoms with van der Waals surface area (Å²) >= 11 is 0. The molecule has 0 aliphatic heterocycles. The van der Waals surface area contributed by atoms with E-state index in [1.807, 2.05) is 36.4 Å². The van der Waals surface area contributed by atoms with Crippen molar-refractivity contribution in [1.29, 1.82) is 0 Å². The van der Waals surface area contributed by atoms with Crippen LogP contribution in [0.2, 0.25) is 0 Å². The van der Waals surface area contributed by atoms with Crippen LogP contribution in [-0.2, 0) is 11.3 Å². The van der Waals surface area contributed by atoms with E-state index in [0.717, 1.165) is 5.56 Å². The van der Waals surface area contributed by atoms with Crippen molar-refractivity contribution in [2.24, 2.45) is 5.92 Å². The molecule has 0 aromatic heterocycles. The van der Waals surface area contributed by atoms with E-state index in [0.29, 0.717) is 12.1 Å².